The van der Waals surface area contributed by atoms with Crippen LogP contribution in [0.2, 0.25) is 0 Å². The number of aromatic hydroxyl groups is 1. The second-order valence-corrected chi connectivity index (χ2v) is 6.50. The number of aromatic nitrogens is 1. The van der Waals surface area contributed by atoms with Gasteiger partial charge >= 0.3 is 0 Å². The monoisotopic (exact) mass is 326 g/mol. The van der Waals surface area contributed by atoms with Gasteiger partial charge in [-0.05, 0) is 54.3 Å². The lowest BCUT2D eigenvalue weighted by molar-refractivity contribution is 0.476. The van der Waals surface area contributed by atoms with Crippen LogP contribution in [0.1, 0.15) is 11.1 Å². The lowest BCUT2D eigenvalue weighted by Gasteiger charge is -2.20. The van der Waals surface area contributed by atoms with E-state index in [1.165, 1.54) is 22.4 Å². The zero-order chi connectivity index (χ0) is 16.8. The number of nitrogens with one attached hydrogen (secondary N) is 1. The Labute approximate surface area is 146 Å². The first-order valence-corrected chi connectivity index (χ1v) is 8.58. The Morgan fingerprint density at radius 1 is 0.840 bits per heavy atom. The van der Waals surface area contributed by atoms with Crippen LogP contribution in [0.3, 0.4) is 0 Å². The van der Waals surface area contributed by atoms with Crippen molar-refractivity contribution >= 4 is 16.6 Å². The normalized spacial score (nSPS) is 12.6. The van der Waals surface area contributed by atoms with Crippen LogP contribution < -0.4 is 5.43 Å². The number of hydrogen-bond acceptors (Lipinski definition) is 2. The molecule has 0 atom stereocenters. The smallest absolute Gasteiger partial charge is 0.116 e. The minimum Gasteiger partial charge on any atom is -0.508 e. The van der Waals surface area contributed by atoms with E-state index in [1.54, 1.807) is 6.07 Å². The lowest BCUT2D eigenvalue weighted by atomic mass is 9.89. The minimum atomic E-state index is 0.311. The number of aryl methyl sites for hydroxylation is 2. The number of phenolic OH excluding ortho intramolecular Hbond substituents is 1. The summed E-state index contributed by atoms with van der Waals surface area (Å²) in [6.45, 7) is 0. The van der Waals surface area contributed by atoms with Gasteiger partial charge < -0.3 is 5.11 Å². The van der Waals surface area contributed by atoms with Gasteiger partial charge in [-0.2, -0.15) is 0 Å². The molecule has 1 heterocycles. The van der Waals surface area contributed by atoms with Crippen LogP contribution in [0.4, 0.5) is 5.69 Å². The molecule has 3 aromatic carbocycles. The fourth-order valence-electron chi connectivity index (χ4n) is 3.87. The highest BCUT2D eigenvalue weighted by Crippen LogP contribution is 2.40. The molecule has 3 heteroatoms. The Bertz CT molecular complexity index is 1080. The van der Waals surface area contributed by atoms with E-state index in [4.69, 9.17) is 0 Å². The van der Waals surface area contributed by atoms with Crippen LogP contribution in [-0.2, 0) is 12.8 Å². The molecule has 1 aromatic heterocycles. The van der Waals surface area contributed by atoms with E-state index >= 15 is 0 Å². The van der Waals surface area contributed by atoms with Gasteiger partial charge in [-0.3, -0.25) is 10.1 Å². The highest BCUT2D eigenvalue weighted by atomic mass is 16.3. The third-order valence-corrected chi connectivity index (χ3v) is 4.99. The van der Waals surface area contributed by atoms with Crippen molar-refractivity contribution < 1.29 is 5.11 Å². The topological polar surface area (TPSA) is 37.2 Å². The van der Waals surface area contributed by atoms with Gasteiger partial charge in [0, 0.05) is 10.9 Å². The summed E-state index contributed by atoms with van der Waals surface area (Å²) < 4.78 is 2.16. The molecule has 2 N–H and O–H groups in total. The van der Waals surface area contributed by atoms with Gasteiger partial charge in [-0.25, -0.2) is 0 Å². The fourth-order valence-corrected chi connectivity index (χ4v) is 3.87. The number of fused-ring (bicyclic) bond motifs is 5. The number of hydrogen-bond donors (Lipinski definition) is 2. The largest absolute Gasteiger partial charge is 0.508 e. The summed E-state index contributed by atoms with van der Waals surface area (Å²) in [4.78, 5) is 0. The van der Waals surface area contributed by atoms with E-state index in [-0.39, 0.29) is 0 Å². The van der Waals surface area contributed by atoms with Crippen LogP contribution in [0.5, 0.6) is 5.75 Å². The van der Waals surface area contributed by atoms with E-state index in [0.717, 1.165) is 29.4 Å². The molecular formula is C22H18N2O. The van der Waals surface area contributed by atoms with Crippen LogP contribution in [0, 0.1) is 0 Å². The molecule has 0 aliphatic heterocycles. The van der Waals surface area contributed by atoms with E-state index in [2.05, 4.69) is 46.5 Å². The molecule has 5 rings (SSSR count). The van der Waals surface area contributed by atoms with Crippen molar-refractivity contribution in [2.45, 2.75) is 12.8 Å². The minimum absolute atomic E-state index is 0.311. The summed E-state index contributed by atoms with van der Waals surface area (Å²) in [5, 5.41) is 11.1. The van der Waals surface area contributed by atoms with Crippen LogP contribution in [0.25, 0.3) is 22.2 Å². The summed E-state index contributed by atoms with van der Waals surface area (Å²) in [7, 11) is 0. The lowest BCUT2D eigenvalue weighted by Crippen LogP contribution is -2.13. The van der Waals surface area contributed by atoms with Gasteiger partial charge in [0.25, 0.3) is 0 Å². The zero-order valence-electron chi connectivity index (χ0n) is 13.7. The van der Waals surface area contributed by atoms with E-state index in [9.17, 15) is 5.11 Å². The molecule has 0 fully saturated rings. The molecule has 4 aromatic rings. The first-order chi connectivity index (χ1) is 12.3. The fraction of sp³-hybridized carbons (Fsp3) is 0.0909. The molecule has 0 spiro atoms. The Kier molecular flexibility index (Phi) is 3.07. The van der Waals surface area contributed by atoms with E-state index in [0.29, 0.717) is 5.75 Å². The summed E-state index contributed by atoms with van der Waals surface area (Å²) >= 11 is 0. The molecule has 1 aliphatic carbocycles. The molecule has 1 aliphatic rings. The molecule has 0 saturated carbocycles. The SMILES string of the molecule is Oc1ccc2c(c1)c1c(n2Nc2ccccc2)-c2ccccc2CC1. The van der Waals surface area contributed by atoms with Crippen molar-refractivity contribution in [3.63, 3.8) is 0 Å². The van der Waals surface area contributed by atoms with Gasteiger partial charge in [0.15, 0.2) is 0 Å². The number of para-hydroxylation sites is 1. The van der Waals surface area contributed by atoms with Crippen LogP contribution in [-0.4, -0.2) is 9.78 Å². The van der Waals surface area contributed by atoms with E-state index in [1.807, 2.05) is 30.3 Å². The standard InChI is InChI=1S/C22H18N2O/c25-17-11-13-21-20(14-17)19-12-10-15-6-4-5-9-18(15)22(19)24(21)23-16-7-2-1-3-8-16/h1-9,11,13-14,23,25H,10,12H2. The van der Waals surface area contributed by atoms with Crippen LogP contribution in [0.15, 0.2) is 72.8 Å². The Hall–Kier alpha value is -3.20. The highest BCUT2D eigenvalue weighted by Gasteiger charge is 2.24. The molecule has 0 bridgehead atoms. The number of phenols is 1. The second-order valence-electron chi connectivity index (χ2n) is 6.50. The average molecular weight is 326 g/mol. The average Bonchev–Trinajstić information content (AvgIpc) is 2.96. The maximum absolute atomic E-state index is 10.00. The molecular weight excluding hydrogens is 308 g/mol. The van der Waals surface area contributed by atoms with Gasteiger partial charge in [0.1, 0.15) is 5.75 Å². The number of rotatable bonds is 2. The van der Waals surface area contributed by atoms with Crippen molar-refractivity contribution in [1.82, 2.24) is 4.68 Å². The molecule has 25 heavy (non-hydrogen) atoms. The summed E-state index contributed by atoms with van der Waals surface area (Å²) in [6, 6.07) is 24.4. The van der Waals surface area contributed by atoms with Gasteiger partial charge in [0.05, 0.1) is 16.9 Å². The first-order valence-electron chi connectivity index (χ1n) is 8.58. The third kappa shape index (κ3) is 2.20. The van der Waals surface area contributed by atoms with Crippen molar-refractivity contribution in [2.24, 2.45) is 0 Å². The molecule has 0 amide bonds. The van der Waals surface area contributed by atoms with Gasteiger partial charge in [-0.1, -0.05) is 42.5 Å². The maximum atomic E-state index is 10.00. The molecule has 0 radical (unpaired) electrons. The van der Waals surface area contributed by atoms with Crippen molar-refractivity contribution in [3.05, 3.63) is 83.9 Å². The number of benzene rings is 3. The number of anilines is 1. The summed E-state index contributed by atoms with van der Waals surface area (Å²) in [5.74, 6) is 0.311. The molecule has 0 saturated heterocycles. The van der Waals surface area contributed by atoms with Gasteiger partial charge in [-0.15, -0.1) is 0 Å². The highest BCUT2D eigenvalue weighted by molar-refractivity contribution is 5.94. The van der Waals surface area contributed by atoms with Gasteiger partial charge in [0.2, 0.25) is 0 Å². The first kappa shape index (κ1) is 14.2. The Morgan fingerprint density at radius 2 is 1.64 bits per heavy atom. The maximum Gasteiger partial charge on any atom is 0.116 e. The Morgan fingerprint density at radius 3 is 2.52 bits per heavy atom. The predicted molar refractivity (Wildman–Crippen MR) is 102 cm³/mol. The quantitative estimate of drug-likeness (QED) is 0.544. The van der Waals surface area contributed by atoms with Crippen molar-refractivity contribution in [1.29, 1.82) is 0 Å². The van der Waals surface area contributed by atoms with E-state index < -0.39 is 0 Å². The zero-order valence-corrected chi connectivity index (χ0v) is 13.7. The van der Waals surface area contributed by atoms with Crippen LogP contribution >= 0.6 is 0 Å². The van der Waals surface area contributed by atoms with Crippen molar-refractivity contribution in [2.75, 3.05) is 5.43 Å². The second kappa shape index (κ2) is 5.42. The summed E-state index contributed by atoms with van der Waals surface area (Å²) in [5.41, 5.74) is 10.8. The Balaban J connectivity index is 1.81. The molecule has 0 unspecified atom stereocenters. The molecule has 3 nitrogen and oxygen atoms in total. The predicted octanol–water partition coefficient (Wildman–Crippen LogP) is 4.99. The number of nitrogens with zero attached hydrogens (tertiary/aromatic N) is 1. The summed E-state index contributed by atoms with van der Waals surface area (Å²) in [6.07, 6.45) is 2.01. The third-order valence-electron chi connectivity index (χ3n) is 4.99. The molecule has 122 valence electrons. The van der Waals surface area contributed by atoms with Crippen molar-refractivity contribution in [3.8, 4) is 17.0 Å².